The van der Waals surface area contributed by atoms with Crippen LogP contribution in [0.5, 0.6) is 11.8 Å². The monoisotopic (exact) mass is 286 g/mol. The quantitative estimate of drug-likeness (QED) is 0.806. The molecule has 2 rings (SSSR count). The van der Waals surface area contributed by atoms with E-state index in [4.69, 9.17) is 32.7 Å². The molecule has 0 unspecified atom stereocenters. The van der Waals surface area contributed by atoms with Crippen molar-refractivity contribution in [1.29, 1.82) is 0 Å². The average molecular weight is 287 g/mol. The molecule has 2 aromatic rings. The van der Waals surface area contributed by atoms with Gasteiger partial charge in [-0.3, -0.25) is 0 Å². The zero-order valence-electron chi connectivity index (χ0n) is 9.52. The van der Waals surface area contributed by atoms with Crippen molar-refractivity contribution in [3.05, 3.63) is 22.7 Å². The van der Waals surface area contributed by atoms with Crippen LogP contribution in [0.2, 0.25) is 10.3 Å². The molecular weight excluding hydrogens is 279 g/mol. The minimum absolute atomic E-state index is 0.172. The van der Waals surface area contributed by atoms with E-state index in [0.717, 1.165) is 0 Å². The summed E-state index contributed by atoms with van der Waals surface area (Å²) in [7, 11) is 2.94. The van der Waals surface area contributed by atoms with Crippen molar-refractivity contribution in [3.63, 3.8) is 0 Å². The molecule has 18 heavy (non-hydrogen) atoms. The van der Waals surface area contributed by atoms with E-state index in [2.05, 4.69) is 19.9 Å². The largest absolute Gasteiger partial charge is 0.481 e. The predicted molar refractivity (Wildman–Crippen MR) is 66.2 cm³/mol. The van der Waals surface area contributed by atoms with Crippen molar-refractivity contribution in [3.8, 4) is 23.1 Å². The lowest BCUT2D eigenvalue weighted by molar-refractivity contribution is 0.394. The molecule has 0 saturated heterocycles. The first kappa shape index (κ1) is 12.8. The summed E-state index contributed by atoms with van der Waals surface area (Å²) in [6, 6.07) is 1.48. The van der Waals surface area contributed by atoms with Crippen LogP contribution in [-0.2, 0) is 0 Å². The average Bonchev–Trinajstić information content (AvgIpc) is 2.37. The Morgan fingerprint density at radius 3 is 2.50 bits per heavy atom. The number of methoxy groups -OCH3 is 2. The normalized spacial score (nSPS) is 10.2. The van der Waals surface area contributed by atoms with Gasteiger partial charge in [0.15, 0.2) is 5.82 Å². The Bertz CT molecular complexity index is 580. The number of hydrogen-bond donors (Lipinski definition) is 0. The van der Waals surface area contributed by atoms with E-state index in [9.17, 15) is 0 Å². The first-order valence-corrected chi connectivity index (χ1v) is 5.54. The second kappa shape index (κ2) is 5.32. The van der Waals surface area contributed by atoms with Gasteiger partial charge in [-0.1, -0.05) is 23.2 Å². The number of hydrogen-bond acceptors (Lipinski definition) is 6. The maximum atomic E-state index is 6.00. The molecule has 0 aromatic carbocycles. The fourth-order valence-corrected chi connectivity index (χ4v) is 1.69. The van der Waals surface area contributed by atoms with Gasteiger partial charge < -0.3 is 9.47 Å². The Balaban J connectivity index is 2.64. The maximum absolute atomic E-state index is 6.00. The number of ether oxygens (including phenoxy) is 2. The second-order valence-electron chi connectivity index (χ2n) is 3.11. The topological polar surface area (TPSA) is 70.0 Å². The molecule has 94 valence electrons. The molecular formula is C10H8Cl2N4O2. The summed E-state index contributed by atoms with van der Waals surface area (Å²) < 4.78 is 10.1. The van der Waals surface area contributed by atoms with Gasteiger partial charge in [-0.05, 0) is 0 Å². The summed E-state index contributed by atoms with van der Waals surface area (Å²) in [5.41, 5.74) is 0.363. The number of nitrogens with zero attached hydrogens (tertiary/aromatic N) is 4. The van der Waals surface area contributed by atoms with Crippen molar-refractivity contribution in [2.24, 2.45) is 0 Å². The van der Waals surface area contributed by atoms with Crippen LogP contribution >= 0.6 is 23.2 Å². The molecule has 6 nitrogen and oxygen atoms in total. The summed E-state index contributed by atoms with van der Waals surface area (Å²) in [6.07, 6.45) is 1.28. The highest BCUT2D eigenvalue weighted by molar-refractivity contribution is 6.32. The minimum atomic E-state index is 0.172. The molecule has 0 fully saturated rings. The highest BCUT2D eigenvalue weighted by Gasteiger charge is 2.17. The highest BCUT2D eigenvalue weighted by atomic mass is 35.5. The summed E-state index contributed by atoms with van der Waals surface area (Å²) in [5, 5.41) is 0.394. The highest BCUT2D eigenvalue weighted by Crippen LogP contribution is 2.32. The van der Waals surface area contributed by atoms with E-state index in [-0.39, 0.29) is 22.0 Å². The van der Waals surface area contributed by atoms with Crippen molar-refractivity contribution in [2.75, 3.05) is 14.2 Å². The van der Waals surface area contributed by atoms with Gasteiger partial charge in [0, 0.05) is 6.07 Å². The van der Waals surface area contributed by atoms with E-state index >= 15 is 0 Å². The summed E-state index contributed by atoms with van der Waals surface area (Å²) in [5.74, 6) is 0.813. The lowest BCUT2D eigenvalue weighted by Gasteiger charge is -2.08. The third kappa shape index (κ3) is 2.44. The molecule has 0 spiro atoms. The van der Waals surface area contributed by atoms with Gasteiger partial charge in [-0.2, -0.15) is 4.98 Å². The standard InChI is InChI=1S/C10H8Cl2N4O2/c1-17-6-3-5(11)15-9(16-6)7-8(12)13-4-14-10(7)18-2/h3-4H,1-2H3. The summed E-state index contributed by atoms with van der Waals surface area (Å²) in [6.45, 7) is 0. The zero-order valence-corrected chi connectivity index (χ0v) is 11.0. The third-order valence-electron chi connectivity index (χ3n) is 2.06. The van der Waals surface area contributed by atoms with Crippen molar-refractivity contribution < 1.29 is 9.47 Å². The molecule has 0 amide bonds. The van der Waals surface area contributed by atoms with E-state index in [1.165, 1.54) is 26.6 Å². The van der Waals surface area contributed by atoms with Crippen LogP contribution in [0.25, 0.3) is 11.4 Å². The van der Waals surface area contributed by atoms with Crippen molar-refractivity contribution in [2.45, 2.75) is 0 Å². The van der Waals surface area contributed by atoms with E-state index in [1.807, 2.05) is 0 Å². The number of rotatable bonds is 3. The van der Waals surface area contributed by atoms with Gasteiger partial charge in [0.05, 0.1) is 14.2 Å². The molecule has 0 aliphatic heterocycles. The minimum Gasteiger partial charge on any atom is -0.481 e. The van der Waals surface area contributed by atoms with Crippen molar-refractivity contribution >= 4 is 23.2 Å². The Morgan fingerprint density at radius 1 is 1.06 bits per heavy atom. The van der Waals surface area contributed by atoms with E-state index < -0.39 is 0 Å². The number of aromatic nitrogens is 4. The van der Waals surface area contributed by atoms with Gasteiger partial charge >= 0.3 is 0 Å². The molecule has 0 bridgehead atoms. The Morgan fingerprint density at radius 2 is 1.83 bits per heavy atom. The van der Waals surface area contributed by atoms with Crippen LogP contribution < -0.4 is 9.47 Å². The van der Waals surface area contributed by atoms with Crippen LogP contribution in [0, 0.1) is 0 Å². The molecule has 8 heteroatoms. The second-order valence-corrected chi connectivity index (χ2v) is 3.85. The molecule has 0 N–H and O–H groups in total. The predicted octanol–water partition coefficient (Wildman–Crippen LogP) is 2.26. The molecule has 0 atom stereocenters. The van der Waals surface area contributed by atoms with Gasteiger partial charge in [0.2, 0.25) is 11.8 Å². The smallest absolute Gasteiger partial charge is 0.229 e. The first-order valence-electron chi connectivity index (χ1n) is 4.79. The third-order valence-corrected chi connectivity index (χ3v) is 2.54. The lowest BCUT2D eigenvalue weighted by atomic mass is 10.3. The van der Waals surface area contributed by atoms with Gasteiger partial charge in [0.1, 0.15) is 22.2 Å². The molecule has 2 aromatic heterocycles. The van der Waals surface area contributed by atoms with Crippen molar-refractivity contribution in [1.82, 2.24) is 19.9 Å². The van der Waals surface area contributed by atoms with E-state index in [1.54, 1.807) is 0 Å². The summed E-state index contributed by atoms with van der Waals surface area (Å²) >= 11 is 11.9. The van der Waals surface area contributed by atoms with Gasteiger partial charge in [-0.15, -0.1) is 0 Å². The van der Waals surface area contributed by atoms with Crippen LogP contribution in [0.4, 0.5) is 0 Å². The lowest BCUT2D eigenvalue weighted by Crippen LogP contribution is -1.99. The molecule has 0 saturated carbocycles. The van der Waals surface area contributed by atoms with Crippen LogP contribution in [-0.4, -0.2) is 34.2 Å². The number of halogens is 2. The zero-order chi connectivity index (χ0) is 13.1. The molecule has 0 radical (unpaired) electrons. The van der Waals surface area contributed by atoms with Crippen LogP contribution in [0.1, 0.15) is 0 Å². The summed E-state index contributed by atoms with van der Waals surface area (Å²) in [4.78, 5) is 16.0. The Hall–Kier alpha value is -1.66. The fraction of sp³-hybridized carbons (Fsp3) is 0.200. The SMILES string of the molecule is COc1cc(Cl)nc(-c2c(Cl)ncnc2OC)n1. The fourth-order valence-electron chi connectivity index (χ4n) is 1.31. The van der Waals surface area contributed by atoms with Crippen LogP contribution in [0.15, 0.2) is 12.4 Å². The Kier molecular flexibility index (Phi) is 3.78. The van der Waals surface area contributed by atoms with Gasteiger partial charge in [-0.25, -0.2) is 15.0 Å². The van der Waals surface area contributed by atoms with Gasteiger partial charge in [0.25, 0.3) is 0 Å². The maximum Gasteiger partial charge on any atom is 0.229 e. The molecule has 2 heterocycles. The van der Waals surface area contributed by atoms with Crippen LogP contribution in [0.3, 0.4) is 0 Å². The Labute approximate surface area is 113 Å². The first-order chi connectivity index (χ1) is 8.65. The van der Waals surface area contributed by atoms with E-state index in [0.29, 0.717) is 11.4 Å². The molecule has 0 aliphatic carbocycles. The molecule has 0 aliphatic rings.